The van der Waals surface area contributed by atoms with Crippen molar-refractivity contribution in [1.82, 2.24) is 20.7 Å². The number of amides is 2. The maximum atomic E-state index is 12.2. The van der Waals surface area contributed by atoms with Gasteiger partial charge in [-0.3, -0.25) is 14.5 Å². The first-order valence-corrected chi connectivity index (χ1v) is 8.78. The number of likely N-dealkylation sites (tertiary alicyclic amines) is 1. The predicted molar refractivity (Wildman–Crippen MR) is 87.9 cm³/mol. The van der Waals surface area contributed by atoms with Gasteiger partial charge in [0.05, 0.1) is 6.54 Å². The molecule has 1 aromatic heterocycles. The van der Waals surface area contributed by atoms with Gasteiger partial charge >= 0.3 is 0 Å². The Labute approximate surface area is 142 Å². The average molecular weight is 334 g/mol. The molecule has 2 atom stereocenters. The van der Waals surface area contributed by atoms with E-state index in [1.54, 1.807) is 13.0 Å². The SMILES string of the molecule is CC(=O)NC[C@H]1CC[C@@H](CC(=O)NCc2ccon2)N1CC1CC1. The first-order valence-electron chi connectivity index (χ1n) is 8.78. The molecule has 7 nitrogen and oxygen atoms in total. The minimum absolute atomic E-state index is 0.00942. The number of aromatic nitrogens is 1. The molecule has 0 unspecified atom stereocenters. The van der Waals surface area contributed by atoms with Crippen LogP contribution in [0.4, 0.5) is 0 Å². The highest BCUT2D eigenvalue weighted by Gasteiger charge is 2.37. The van der Waals surface area contributed by atoms with Crippen molar-refractivity contribution >= 4 is 11.8 Å². The van der Waals surface area contributed by atoms with E-state index in [4.69, 9.17) is 4.52 Å². The lowest BCUT2D eigenvalue weighted by Gasteiger charge is -2.30. The summed E-state index contributed by atoms with van der Waals surface area (Å²) in [6.07, 6.45) is 6.62. The largest absolute Gasteiger partial charge is 0.364 e. The highest BCUT2D eigenvalue weighted by atomic mass is 16.5. The lowest BCUT2D eigenvalue weighted by molar-refractivity contribution is -0.123. The Balaban J connectivity index is 1.50. The summed E-state index contributed by atoms with van der Waals surface area (Å²) in [4.78, 5) is 25.9. The van der Waals surface area contributed by atoms with Crippen LogP contribution in [-0.4, -0.2) is 47.0 Å². The van der Waals surface area contributed by atoms with Gasteiger partial charge in [-0.1, -0.05) is 5.16 Å². The molecule has 2 aliphatic rings. The summed E-state index contributed by atoms with van der Waals surface area (Å²) in [6.45, 7) is 3.68. The predicted octanol–water partition coefficient (Wildman–Crippen LogP) is 1.06. The van der Waals surface area contributed by atoms with Crippen LogP contribution < -0.4 is 10.6 Å². The van der Waals surface area contributed by atoms with Crippen molar-refractivity contribution in [3.8, 4) is 0 Å². The highest BCUT2D eigenvalue weighted by molar-refractivity contribution is 5.76. The van der Waals surface area contributed by atoms with E-state index in [1.165, 1.54) is 19.1 Å². The van der Waals surface area contributed by atoms with Crippen molar-refractivity contribution < 1.29 is 14.1 Å². The Bertz CT molecular complexity index is 556. The van der Waals surface area contributed by atoms with Gasteiger partial charge in [0.25, 0.3) is 0 Å². The van der Waals surface area contributed by atoms with E-state index < -0.39 is 0 Å². The second kappa shape index (κ2) is 7.79. The summed E-state index contributed by atoms with van der Waals surface area (Å²) in [6, 6.07) is 2.36. The molecular weight excluding hydrogens is 308 g/mol. The molecule has 24 heavy (non-hydrogen) atoms. The zero-order valence-electron chi connectivity index (χ0n) is 14.2. The van der Waals surface area contributed by atoms with Gasteiger partial charge in [0.2, 0.25) is 11.8 Å². The molecule has 1 saturated heterocycles. The van der Waals surface area contributed by atoms with Gasteiger partial charge in [0.1, 0.15) is 12.0 Å². The van der Waals surface area contributed by atoms with E-state index in [9.17, 15) is 9.59 Å². The topological polar surface area (TPSA) is 87.5 Å². The van der Waals surface area contributed by atoms with Gasteiger partial charge in [0, 0.05) is 44.6 Å². The van der Waals surface area contributed by atoms with Gasteiger partial charge in [-0.25, -0.2) is 0 Å². The van der Waals surface area contributed by atoms with E-state index in [-0.39, 0.29) is 17.9 Å². The molecule has 2 N–H and O–H groups in total. The van der Waals surface area contributed by atoms with Crippen molar-refractivity contribution in [3.05, 3.63) is 18.0 Å². The maximum absolute atomic E-state index is 12.2. The number of carbonyl (C=O) groups excluding carboxylic acids is 2. The normalized spacial score (nSPS) is 24.0. The molecule has 0 bridgehead atoms. The number of nitrogens with zero attached hydrogens (tertiary/aromatic N) is 2. The number of carbonyl (C=O) groups is 2. The Kier molecular flexibility index (Phi) is 5.50. The Morgan fingerprint density at radius 2 is 2.04 bits per heavy atom. The molecule has 3 rings (SSSR count). The quantitative estimate of drug-likeness (QED) is 0.742. The van der Waals surface area contributed by atoms with Crippen LogP contribution in [0.25, 0.3) is 0 Å². The molecule has 1 aliphatic carbocycles. The maximum Gasteiger partial charge on any atom is 0.221 e. The van der Waals surface area contributed by atoms with E-state index in [0.717, 1.165) is 31.0 Å². The molecule has 0 aromatic carbocycles. The number of hydrogen-bond donors (Lipinski definition) is 2. The average Bonchev–Trinajstić information content (AvgIpc) is 3.06. The van der Waals surface area contributed by atoms with Gasteiger partial charge < -0.3 is 15.2 Å². The van der Waals surface area contributed by atoms with Crippen LogP contribution in [0, 0.1) is 5.92 Å². The van der Waals surface area contributed by atoms with E-state index in [1.807, 2.05) is 0 Å². The molecule has 0 radical (unpaired) electrons. The summed E-state index contributed by atoms with van der Waals surface area (Å²) in [7, 11) is 0. The van der Waals surface area contributed by atoms with Gasteiger partial charge in [-0.15, -0.1) is 0 Å². The van der Waals surface area contributed by atoms with Crippen LogP contribution in [0.5, 0.6) is 0 Å². The molecule has 2 heterocycles. The molecule has 7 heteroatoms. The molecular formula is C17H26N4O3. The fraction of sp³-hybridized carbons (Fsp3) is 0.706. The first-order chi connectivity index (χ1) is 11.6. The second-order valence-corrected chi connectivity index (χ2v) is 6.93. The smallest absolute Gasteiger partial charge is 0.221 e. The minimum Gasteiger partial charge on any atom is -0.364 e. The van der Waals surface area contributed by atoms with E-state index in [0.29, 0.717) is 25.6 Å². The lowest BCUT2D eigenvalue weighted by atomic mass is 10.1. The summed E-state index contributed by atoms with van der Waals surface area (Å²) in [5, 5.41) is 9.63. The molecule has 1 aliphatic heterocycles. The second-order valence-electron chi connectivity index (χ2n) is 6.93. The zero-order valence-corrected chi connectivity index (χ0v) is 14.2. The Morgan fingerprint density at radius 1 is 1.25 bits per heavy atom. The van der Waals surface area contributed by atoms with Crippen molar-refractivity contribution in [2.24, 2.45) is 5.92 Å². The number of nitrogens with one attached hydrogen (secondary N) is 2. The van der Waals surface area contributed by atoms with Gasteiger partial charge in [-0.05, 0) is 31.6 Å². The lowest BCUT2D eigenvalue weighted by Crippen LogP contribution is -2.45. The fourth-order valence-corrected chi connectivity index (χ4v) is 3.42. The van der Waals surface area contributed by atoms with Crippen molar-refractivity contribution in [2.75, 3.05) is 13.1 Å². The Morgan fingerprint density at radius 3 is 2.71 bits per heavy atom. The fourth-order valence-electron chi connectivity index (χ4n) is 3.42. The van der Waals surface area contributed by atoms with Gasteiger partial charge in [0.15, 0.2) is 0 Å². The van der Waals surface area contributed by atoms with Gasteiger partial charge in [-0.2, -0.15) is 0 Å². The molecule has 1 saturated carbocycles. The first kappa shape index (κ1) is 17.0. The molecule has 2 fully saturated rings. The third kappa shape index (κ3) is 4.80. The molecule has 1 aromatic rings. The van der Waals surface area contributed by atoms with Crippen LogP contribution in [0.3, 0.4) is 0 Å². The van der Waals surface area contributed by atoms with E-state index >= 15 is 0 Å². The third-order valence-corrected chi connectivity index (χ3v) is 4.90. The summed E-state index contributed by atoms with van der Waals surface area (Å²) in [5.41, 5.74) is 0.730. The van der Waals surface area contributed by atoms with E-state index in [2.05, 4.69) is 20.7 Å². The summed E-state index contributed by atoms with van der Waals surface area (Å²) >= 11 is 0. The summed E-state index contributed by atoms with van der Waals surface area (Å²) in [5.74, 6) is 0.822. The monoisotopic (exact) mass is 334 g/mol. The molecule has 2 amide bonds. The van der Waals surface area contributed by atoms with Crippen LogP contribution in [-0.2, 0) is 16.1 Å². The standard InChI is InChI=1S/C17H26N4O3/c1-12(22)18-10-16-5-4-15(21(16)11-13-2-3-13)8-17(23)19-9-14-6-7-24-20-14/h6-7,13,15-16H,2-5,8-11H2,1H3,(H,18,22)(H,19,23)/t15-,16+/m0/s1. The summed E-state index contributed by atoms with van der Waals surface area (Å²) < 4.78 is 4.76. The number of rotatable bonds is 8. The third-order valence-electron chi connectivity index (χ3n) is 4.90. The highest BCUT2D eigenvalue weighted by Crippen LogP contribution is 2.35. The number of hydrogen-bond acceptors (Lipinski definition) is 5. The Hall–Kier alpha value is -1.89. The van der Waals surface area contributed by atoms with Crippen molar-refractivity contribution in [3.63, 3.8) is 0 Å². The van der Waals surface area contributed by atoms with Crippen LogP contribution >= 0.6 is 0 Å². The van der Waals surface area contributed by atoms with Crippen molar-refractivity contribution in [1.29, 1.82) is 0 Å². The van der Waals surface area contributed by atoms with Crippen LogP contribution in [0.1, 0.15) is 44.7 Å². The minimum atomic E-state index is 0.00942. The van der Waals surface area contributed by atoms with Crippen molar-refractivity contribution in [2.45, 2.75) is 57.7 Å². The van der Waals surface area contributed by atoms with Crippen LogP contribution in [0.2, 0.25) is 0 Å². The van der Waals surface area contributed by atoms with Crippen LogP contribution in [0.15, 0.2) is 16.9 Å². The zero-order chi connectivity index (χ0) is 16.9. The molecule has 132 valence electrons. The molecule has 0 spiro atoms.